The second-order valence-electron chi connectivity index (χ2n) is 6.95. The van der Waals surface area contributed by atoms with Gasteiger partial charge < -0.3 is 15.2 Å². The highest BCUT2D eigenvalue weighted by Gasteiger charge is 2.27. The van der Waals surface area contributed by atoms with Crippen LogP contribution >= 0.6 is 12.2 Å². The minimum atomic E-state index is -0.475. The molecule has 2 aromatic carbocycles. The third kappa shape index (κ3) is 4.08. The number of benzene rings is 2. The smallest absolute Gasteiger partial charge is 0.189 e. The van der Waals surface area contributed by atoms with Crippen LogP contribution in [0.5, 0.6) is 11.5 Å². The van der Waals surface area contributed by atoms with Crippen molar-refractivity contribution in [1.29, 1.82) is 0 Å². The zero-order valence-corrected chi connectivity index (χ0v) is 16.1. The largest absolute Gasteiger partial charge is 0.508 e. The SMILES string of the molecule is Cc1ccc(NC(=S)NNC2=CC(C)(C)Oc3ccc(O)cc32)cc1C. The Bertz CT molecular complexity index is 891. The lowest BCUT2D eigenvalue weighted by molar-refractivity contribution is 0.157. The van der Waals surface area contributed by atoms with Gasteiger partial charge in [-0.05, 0) is 87.4 Å². The Morgan fingerprint density at radius 3 is 2.58 bits per heavy atom. The van der Waals surface area contributed by atoms with Gasteiger partial charge in [-0.25, -0.2) is 0 Å². The molecular formula is C20H23N3O2S. The van der Waals surface area contributed by atoms with Crippen LogP contribution in [0.25, 0.3) is 5.70 Å². The van der Waals surface area contributed by atoms with E-state index in [1.807, 2.05) is 32.1 Å². The number of aryl methyl sites for hydroxylation is 2. The van der Waals surface area contributed by atoms with Crippen LogP contribution in [0.3, 0.4) is 0 Å². The summed E-state index contributed by atoms with van der Waals surface area (Å²) in [6.45, 7) is 8.07. The number of ether oxygens (including phenoxy) is 1. The van der Waals surface area contributed by atoms with Crippen LogP contribution in [0.1, 0.15) is 30.5 Å². The van der Waals surface area contributed by atoms with Crippen molar-refractivity contribution in [3.8, 4) is 11.5 Å². The Morgan fingerprint density at radius 1 is 1.08 bits per heavy atom. The molecule has 1 aliphatic heterocycles. The number of anilines is 1. The van der Waals surface area contributed by atoms with Gasteiger partial charge in [-0.1, -0.05) is 6.07 Å². The average Bonchev–Trinajstić information content (AvgIpc) is 2.56. The topological polar surface area (TPSA) is 65.5 Å². The quantitative estimate of drug-likeness (QED) is 0.484. The summed E-state index contributed by atoms with van der Waals surface area (Å²) in [6.07, 6.45) is 1.94. The molecule has 0 aliphatic carbocycles. The van der Waals surface area contributed by atoms with Crippen molar-refractivity contribution in [2.45, 2.75) is 33.3 Å². The summed E-state index contributed by atoms with van der Waals surface area (Å²) in [5, 5.41) is 13.4. The maximum Gasteiger partial charge on any atom is 0.189 e. The van der Waals surface area contributed by atoms with Gasteiger partial charge in [0.1, 0.15) is 17.1 Å². The van der Waals surface area contributed by atoms with Gasteiger partial charge in [0.2, 0.25) is 0 Å². The van der Waals surface area contributed by atoms with E-state index >= 15 is 0 Å². The van der Waals surface area contributed by atoms with Crippen LogP contribution in [0.2, 0.25) is 0 Å². The first-order valence-corrected chi connectivity index (χ1v) is 8.80. The van der Waals surface area contributed by atoms with Gasteiger partial charge in [0.05, 0.1) is 5.70 Å². The minimum Gasteiger partial charge on any atom is -0.508 e. The molecule has 0 radical (unpaired) electrons. The van der Waals surface area contributed by atoms with Crippen LogP contribution in [0.15, 0.2) is 42.5 Å². The fraction of sp³-hybridized carbons (Fsp3) is 0.250. The van der Waals surface area contributed by atoms with Gasteiger partial charge in [-0.15, -0.1) is 0 Å². The fourth-order valence-electron chi connectivity index (χ4n) is 2.76. The van der Waals surface area contributed by atoms with Gasteiger partial charge in [-0.3, -0.25) is 10.9 Å². The van der Waals surface area contributed by atoms with E-state index in [1.54, 1.807) is 18.2 Å². The van der Waals surface area contributed by atoms with E-state index in [9.17, 15) is 5.11 Å². The Kier molecular flexibility index (Phi) is 4.78. The Morgan fingerprint density at radius 2 is 1.85 bits per heavy atom. The Labute approximate surface area is 159 Å². The van der Waals surface area contributed by atoms with E-state index in [1.165, 1.54) is 11.1 Å². The first-order valence-electron chi connectivity index (χ1n) is 8.39. The zero-order chi connectivity index (χ0) is 18.9. The highest BCUT2D eigenvalue weighted by molar-refractivity contribution is 7.80. The molecule has 26 heavy (non-hydrogen) atoms. The maximum absolute atomic E-state index is 9.79. The molecule has 1 aliphatic rings. The van der Waals surface area contributed by atoms with Gasteiger partial charge in [0.25, 0.3) is 0 Å². The average molecular weight is 369 g/mol. The molecular weight excluding hydrogens is 346 g/mol. The first-order chi connectivity index (χ1) is 12.2. The summed E-state index contributed by atoms with van der Waals surface area (Å²) < 4.78 is 5.93. The number of nitrogens with one attached hydrogen (secondary N) is 3. The highest BCUT2D eigenvalue weighted by Crippen LogP contribution is 2.36. The van der Waals surface area contributed by atoms with E-state index in [2.05, 4.69) is 36.1 Å². The zero-order valence-electron chi connectivity index (χ0n) is 15.3. The van der Waals surface area contributed by atoms with Gasteiger partial charge in [-0.2, -0.15) is 0 Å². The number of hydrogen-bond donors (Lipinski definition) is 4. The van der Waals surface area contributed by atoms with E-state index in [-0.39, 0.29) is 5.75 Å². The standard InChI is InChI=1S/C20H23N3O2S/c1-12-5-6-14(9-13(12)2)21-19(26)23-22-17-11-20(3,4)25-18-8-7-15(24)10-16(17)18/h5-11,22,24H,1-4H3,(H2,21,23,26). The van der Waals surface area contributed by atoms with Crippen molar-refractivity contribution in [3.63, 3.8) is 0 Å². The van der Waals surface area contributed by atoms with E-state index < -0.39 is 5.60 Å². The van der Waals surface area contributed by atoms with Crippen LogP contribution in [-0.2, 0) is 0 Å². The molecule has 5 nitrogen and oxygen atoms in total. The molecule has 4 N–H and O–H groups in total. The number of phenols is 1. The summed E-state index contributed by atoms with van der Waals surface area (Å²) in [6, 6.07) is 11.1. The molecule has 3 rings (SSSR count). The monoisotopic (exact) mass is 369 g/mol. The van der Waals surface area contributed by atoms with E-state index in [0.717, 1.165) is 16.9 Å². The van der Waals surface area contributed by atoms with Gasteiger partial charge in [0, 0.05) is 11.3 Å². The van der Waals surface area contributed by atoms with Crippen molar-refractivity contribution >= 4 is 28.7 Å². The molecule has 0 saturated carbocycles. The van der Waals surface area contributed by atoms with Crippen LogP contribution in [-0.4, -0.2) is 15.8 Å². The third-order valence-corrected chi connectivity index (χ3v) is 4.40. The molecule has 1 heterocycles. The maximum atomic E-state index is 9.79. The predicted molar refractivity (Wildman–Crippen MR) is 109 cm³/mol. The van der Waals surface area contributed by atoms with Crippen LogP contribution in [0, 0.1) is 13.8 Å². The summed E-state index contributed by atoms with van der Waals surface area (Å²) >= 11 is 5.37. The third-order valence-electron chi connectivity index (χ3n) is 4.19. The molecule has 0 unspecified atom stereocenters. The molecule has 0 saturated heterocycles. The summed E-state index contributed by atoms with van der Waals surface area (Å²) in [7, 11) is 0. The molecule has 0 amide bonds. The van der Waals surface area contributed by atoms with Crippen molar-refractivity contribution in [2.24, 2.45) is 0 Å². The molecule has 136 valence electrons. The van der Waals surface area contributed by atoms with E-state index in [4.69, 9.17) is 17.0 Å². The Balaban J connectivity index is 1.72. The lowest BCUT2D eigenvalue weighted by Gasteiger charge is -2.31. The number of fused-ring (bicyclic) bond motifs is 1. The summed E-state index contributed by atoms with van der Waals surface area (Å²) in [5.74, 6) is 0.878. The molecule has 6 heteroatoms. The number of hydrazine groups is 1. The molecule has 0 spiro atoms. The van der Waals surface area contributed by atoms with Crippen molar-refractivity contribution in [1.82, 2.24) is 10.9 Å². The molecule has 0 atom stereocenters. The highest BCUT2D eigenvalue weighted by atomic mass is 32.1. The lowest BCUT2D eigenvalue weighted by atomic mass is 9.99. The second kappa shape index (κ2) is 6.88. The van der Waals surface area contributed by atoms with Crippen LogP contribution < -0.4 is 20.9 Å². The predicted octanol–water partition coefficient (Wildman–Crippen LogP) is 4.01. The number of phenolic OH excluding ortho intramolecular Hbond substituents is 1. The molecule has 0 fully saturated rings. The van der Waals surface area contributed by atoms with Crippen molar-refractivity contribution in [3.05, 3.63) is 59.2 Å². The molecule has 0 bridgehead atoms. The number of hydrogen-bond acceptors (Lipinski definition) is 4. The molecule has 2 aromatic rings. The van der Waals surface area contributed by atoms with E-state index in [0.29, 0.717) is 10.9 Å². The second-order valence-corrected chi connectivity index (χ2v) is 7.36. The number of aromatic hydroxyl groups is 1. The number of rotatable bonds is 3. The van der Waals surface area contributed by atoms with Crippen molar-refractivity contribution in [2.75, 3.05) is 5.32 Å². The van der Waals surface area contributed by atoms with Gasteiger partial charge >= 0.3 is 0 Å². The summed E-state index contributed by atoms with van der Waals surface area (Å²) in [5.41, 5.74) is 10.6. The fourth-order valence-corrected chi connectivity index (χ4v) is 2.93. The normalized spacial score (nSPS) is 14.5. The first kappa shape index (κ1) is 18.1. The molecule has 0 aromatic heterocycles. The van der Waals surface area contributed by atoms with Crippen LogP contribution in [0.4, 0.5) is 5.69 Å². The van der Waals surface area contributed by atoms with Gasteiger partial charge in [0.15, 0.2) is 5.11 Å². The Hall–Kier alpha value is -2.73. The summed E-state index contributed by atoms with van der Waals surface area (Å²) in [4.78, 5) is 0. The number of thiocarbonyl (C=S) groups is 1. The van der Waals surface area contributed by atoms with Crippen molar-refractivity contribution < 1.29 is 9.84 Å². The lowest BCUT2D eigenvalue weighted by Crippen LogP contribution is -2.41. The minimum absolute atomic E-state index is 0.176.